The average Bonchev–Trinajstić information content (AvgIpc) is 2.42. The first kappa shape index (κ1) is 16.2. The molecule has 2 atom stereocenters. The molecule has 6 heteroatoms. The maximum Gasteiger partial charge on any atom is 0.295 e. The second kappa shape index (κ2) is 7.20. The van der Waals surface area contributed by atoms with Crippen LogP contribution in [0.15, 0.2) is 16.6 Å². The summed E-state index contributed by atoms with van der Waals surface area (Å²) in [4.78, 5) is 10.4. The number of halogens is 2. The Morgan fingerprint density at radius 2 is 2.24 bits per heavy atom. The van der Waals surface area contributed by atoms with Crippen molar-refractivity contribution in [3.63, 3.8) is 0 Å². The van der Waals surface area contributed by atoms with Crippen LogP contribution in [-0.4, -0.2) is 11.5 Å². The molecule has 0 aromatic heterocycles. The number of benzene rings is 1. The van der Waals surface area contributed by atoms with Gasteiger partial charge in [-0.3, -0.25) is 10.1 Å². The highest BCUT2D eigenvalue weighted by Crippen LogP contribution is 2.32. The van der Waals surface area contributed by atoms with Gasteiger partial charge in [0, 0.05) is 6.54 Å². The number of hydrogen-bond donors (Lipinski definition) is 1. The second-order valence-corrected chi connectivity index (χ2v) is 6.75. The van der Waals surface area contributed by atoms with Gasteiger partial charge in [0.2, 0.25) is 0 Å². The van der Waals surface area contributed by atoms with Crippen LogP contribution in [0.1, 0.15) is 39.0 Å². The molecule has 4 nitrogen and oxygen atoms in total. The normalized spacial score (nSPS) is 22.0. The van der Waals surface area contributed by atoms with Crippen LogP contribution in [0.4, 0.5) is 15.8 Å². The molecule has 1 fully saturated rings. The van der Waals surface area contributed by atoms with Gasteiger partial charge in [0.15, 0.2) is 0 Å². The molecule has 1 saturated carbocycles. The first-order valence-electron chi connectivity index (χ1n) is 7.34. The number of anilines is 1. The van der Waals surface area contributed by atoms with E-state index in [0.29, 0.717) is 18.2 Å². The van der Waals surface area contributed by atoms with Gasteiger partial charge in [-0.1, -0.05) is 26.2 Å². The third-order valence-electron chi connectivity index (χ3n) is 4.15. The third kappa shape index (κ3) is 4.40. The van der Waals surface area contributed by atoms with Crippen LogP contribution < -0.4 is 5.32 Å². The highest BCUT2D eigenvalue weighted by Gasteiger charge is 2.20. The van der Waals surface area contributed by atoms with Gasteiger partial charge in [-0.05, 0) is 46.7 Å². The van der Waals surface area contributed by atoms with Crippen LogP contribution in [0.25, 0.3) is 0 Å². The van der Waals surface area contributed by atoms with Crippen molar-refractivity contribution in [3.8, 4) is 0 Å². The van der Waals surface area contributed by atoms with Gasteiger partial charge in [-0.15, -0.1) is 0 Å². The Morgan fingerprint density at radius 1 is 1.48 bits per heavy atom. The SMILES string of the molecule is CC1CCCC(CCNc2cc(Br)c(F)cc2[N+](=O)[O-])C1. The minimum atomic E-state index is -0.617. The molecular formula is C15H20BrFN2O2. The fourth-order valence-electron chi connectivity index (χ4n) is 3.06. The van der Waals surface area contributed by atoms with Crippen molar-refractivity contribution in [1.82, 2.24) is 0 Å². The summed E-state index contributed by atoms with van der Waals surface area (Å²) in [5.74, 6) is 0.843. The maximum absolute atomic E-state index is 13.4. The second-order valence-electron chi connectivity index (χ2n) is 5.89. The van der Waals surface area contributed by atoms with E-state index >= 15 is 0 Å². The summed E-state index contributed by atoms with van der Waals surface area (Å²) in [7, 11) is 0. The van der Waals surface area contributed by atoms with Crippen molar-refractivity contribution >= 4 is 27.3 Å². The monoisotopic (exact) mass is 358 g/mol. The topological polar surface area (TPSA) is 55.2 Å². The fraction of sp³-hybridized carbons (Fsp3) is 0.600. The van der Waals surface area contributed by atoms with E-state index in [9.17, 15) is 14.5 Å². The molecule has 0 aliphatic heterocycles. The predicted octanol–water partition coefficient (Wildman–Crippen LogP) is 5.12. The number of nitro benzene ring substituents is 1. The van der Waals surface area contributed by atoms with Crippen LogP contribution in [0.5, 0.6) is 0 Å². The van der Waals surface area contributed by atoms with E-state index in [1.807, 2.05) is 0 Å². The van der Waals surface area contributed by atoms with Gasteiger partial charge in [-0.25, -0.2) is 4.39 Å². The van der Waals surface area contributed by atoms with Crippen LogP contribution in [-0.2, 0) is 0 Å². The van der Waals surface area contributed by atoms with Crippen LogP contribution in [0.2, 0.25) is 0 Å². The number of nitrogens with zero attached hydrogens (tertiary/aromatic N) is 1. The highest BCUT2D eigenvalue weighted by molar-refractivity contribution is 9.10. The van der Waals surface area contributed by atoms with E-state index < -0.39 is 10.7 Å². The molecule has 0 spiro atoms. The van der Waals surface area contributed by atoms with Crippen molar-refractivity contribution in [2.45, 2.75) is 39.0 Å². The molecule has 2 rings (SSSR count). The zero-order chi connectivity index (χ0) is 15.4. The molecule has 1 aliphatic carbocycles. The molecule has 2 unspecified atom stereocenters. The van der Waals surface area contributed by atoms with Crippen molar-refractivity contribution in [3.05, 3.63) is 32.5 Å². The quantitative estimate of drug-likeness (QED) is 0.586. The Labute approximate surface area is 132 Å². The molecule has 1 aromatic rings. The number of rotatable bonds is 5. The van der Waals surface area contributed by atoms with E-state index in [1.165, 1.54) is 31.7 Å². The lowest BCUT2D eigenvalue weighted by Gasteiger charge is -2.26. The lowest BCUT2D eigenvalue weighted by atomic mass is 9.81. The zero-order valence-corrected chi connectivity index (χ0v) is 13.7. The first-order chi connectivity index (χ1) is 9.97. The number of nitrogens with one attached hydrogen (secondary N) is 1. The van der Waals surface area contributed by atoms with E-state index in [2.05, 4.69) is 28.2 Å². The Bertz CT molecular complexity index is 525. The summed E-state index contributed by atoms with van der Waals surface area (Å²) >= 11 is 3.07. The number of hydrogen-bond acceptors (Lipinski definition) is 3. The molecule has 1 aliphatic rings. The maximum atomic E-state index is 13.4. The average molecular weight is 359 g/mol. The standard InChI is InChI=1S/C15H20BrFN2O2/c1-10-3-2-4-11(7-10)5-6-18-14-8-12(16)13(17)9-15(14)19(20)21/h8-11,18H,2-7H2,1H3. The fourth-order valence-corrected chi connectivity index (χ4v) is 3.41. The minimum Gasteiger partial charge on any atom is -0.379 e. The Balaban J connectivity index is 1.96. The van der Waals surface area contributed by atoms with Crippen LogP contribution >= 0.6 is 15.9 Å². The number of nitro groups is 1. The largest absolute Gasteiger partial charge is 0.379 e. The van der Waals surface area contributed by atoms with Crippen molar-refractivity contribution in [2.24, 2.45) is 11.8 Å². The summed E-state index contributed by atoms with van der Waals surface area (Å²) in [6.45, 7) is 2.96. The zero-order valence-electron chi connectivity index (χ0n) is 12.1. The van der Waals surface area contributed by atoms with Gasteiger partial charge < -0.3 is 5.32 Å². The van der Waals surface area contributed by atoms with E-state index in [1.54, 1.807) is 0 Å². The van der Waals surface area contributed by atoms with Crippen LogP contribution in [0, 0.1) is 27.8 Å². The van der Waals surface area contributed by atoms with Gasteiger partial charge in [-0.2, -0.15) is 0 Å². The molecule has 0 saturated heterocycles. The van der Waals surface area contributed by atoms with Gasteiger partial charge in [0.1, 0.15) is 11.5 Å². The van der Waals surface area contributed by atoms with Crippen molar-refractivity contribution < 1.29 is 9.31 Å². The Kier molecular flexibility index (Phi) is 5.56. The first-order valence-corrected chi connectivity index (χ1v) is 8.14. The highest BCUT2D eigenvalue weighted by atomic mass is 79.9. The summed E-state index contributed by atoms with van der Waals surface area (Å²) in [5, 5.41) is 14.1. The van der Waals surface area contributed by atoms with E-state index in [0.717, 1.165) is 18.4 Å². The molecule has 0 bridgehead atoms. The summed E-state index contributed by atoms with van der Waals surface area (Å²) < 4.78 is 13.6. The smallest absolute Gasteiger partial charge is 0.295 e. The molecule has 0 heterocycles. The predicted molar refractivity (Wildman–Crippen MR) is 85.0 cm³/mol. The lowest BCUT2D eigenvalue weighted by molar-refractivity contribution is -0.384. The third-order valence-corrected chi connectivity index (χ3v) is 4.76. The van der Waals surface area contributed by atoms with Gasteiger partial charge in [0.25, 0.3) is 5.69 Å². The van der Waals surface area contributed by atoms with E-state index in [-0.39, 0.29) is 10.2 Å². The molecule has 21 heavy (non-hydrogen) atoms. The molecule has 0 radical (unpaired) electrons. The van der Waals surface area contributed by atoms with Crippen LogP contribution in [0.3, 0.4) is 0 Å². The Hall–Kier alpha value is -1.17. The van der Waals surface area contributed by atoms with Gasteiger partial charge in [0.05, 0.1) is 15.5 Å². The molecule has 116 valence electrons. The molecule has 1 N–H and O–H groups in total. The summed E-state index contributed by atoms with van der Waals surface area (Å²) in [5.41, 5.74) is 0.157. The van der Waals surface area contributed by atoms with E-state index in [4.69, 9.17) is 0 Å². The molecular weight excluding hydrogens is 339 g/mol. The van der Waals surface area contributed by atoms with Crippen molar-refractivity contribution in [2.75, 3.05) is 11.9 Å². The van der Waals surface area contributed by atoms with Gasteiger partial charge >= 0.3 is 0 Å². The minimum absolute atomic E-state index is 0.215. The summed E-state index contributed by atoms with van der Waals surface area (Å²) in [6, 6.07) is 2.39. The molecule has 0 amide bonds. The van der Waals surface area contributed by atoms with Crippen molar-refractivity contribution in [1.29, 1.82) is 0 Å². The lowest BCUT2D eigenvalue weighted by Crippen LogP contribution is -2.17. The molecule has 1 aromatic carbocycles. The summed E-state index contributed by atoms with van der Waals surface area (Å²) in [6.07, 6.45) is 6.04. The Morgan fingerprint density at radius 3 is 2.90 bits per heavy atom.